The summed E-state index contributed by atoms with van der Waals surface area (Å²) in [5, 5.41) is 7.38. The quantitative estimate of drug-likeness (QED) is 0.350. The summed E-state index contributed by atoms with van der Waals surface area (Å²) in [6, 6.07) is 0.951. The highest BCUT2D eigenvalue weighted by atomic mass is 31.2. The first kappa shape index (κ1) is 17.3. The number of nitrogens with zero attached hydrogens (tertiary/aromatic N) is 1. The first-order valence-electron chi connectivity index (χ1n) is 5.87. The van der Waals surface area contributed by atoms with Crippen LogP contribution in [0.3, 0.4) is 0 Å². The SMILES string of the molecule is [B]C([B])(OP(O)O)C1OC(n2ccc(=O)[nH]c2=O)C(F)C1O. The summed E-state index contributed by atoms with van der Waals surface area (Å²) in [5.41, 5.74) is -1.67. The average Bonchev–Trinajstić information content (AvgIpc) is 2.66. The fourth-order valence-electron chi connectivity index (χ4n) is 2.05. The van der Waals surface area contributed by atoms with Gasteiger partial charge in [0.15, 0.2) is 12.4 Å². The smallest absolute Gasteiger partial charge is 0.330 e. The molecule has 2 rings (SSSR count). The molecule has 116 valence electrons. The van der Waals surface area contributed by atoms with Crippen LogP contribution >= 0.6 is 8.60 Å². The van der Waals surface area contributed by atoms with Crippen LogP contribution in [0.4, 0.5) is 4.39 Å². The van der Waals surface area contributed by atoms with Gasteiger partial charge in [-0.1, -0.05) is 0 Å². The van der Waals surface area contributed by atoms with E-state index in [0.717, 1.165) is 12.3 Å². The van der Waals surface area contributed by atoms with Crippen LogP contribution in [-0.2, 0) is 9.26 Å². The Morgan fingerprint density at radius 2 is 2.09 bits per heavy atom. The summed E-state index contributed by atoms with van der Waals surface area (Å²) in [4.78, 5) is 42.0. The average molecular weight is 330 g/mol. The van der Waals surface area contributed by atoms with Crippen LogP contribution in [0.25, 0.3) is 0 Å². The summed E-state index contributed by atoms with van der Waals surface area (Å²) in [7, 11) is 7.87. The molecule has 4 N–H and O–H groups in total. The third kappa shape index (κ3) is 3.32. The number of rotatable bonds is 4. The number of alkyl halides is 1. The predicted molar refractivity (Wildman–Crippen MR) is 72.8 cm³/mol. The van der Waals surface area contributed by atoms with Crippen LogP contribution in [0.5, 0.6) is 0 Å². The molecule has 4 unspecified atom stereocenters. The molecule has 1 aromatic rings. The van der Waals surface area contributed by atoms with Crippen LogP contribution in [0.15, 0.2) is 21.9 Å². The fourth-order valence-corrected chi connectivity index (χ4v) is 2.44. The summed E-state index contributed by atoms with van der Waals surface area (Å²) < 4.78 is 24.3. The Morgan fingerprint density at radius 1 is 1.45 bits per heavy atom. The molecular weight excluding hydrogens is 320 g/mol. The van der Waals surface area contributed by atoms with E-state index in [1.54, 1.807) is 0 Å². The van der Waals surface area contributed by atoms with Gasteiger partial charge in [0.05, 0.1) is 0 Å². The summed E-state index contributed by atoms with van der Waals surface area (Å²) >= 11 is 0. The van der Waals surface area contributed by atoms with Crippen LogP contribution in [0.1, 0.15) is 6.23 Å². The minimum atomic E-state index is -3.00. The molecule has 13 heteroatoms. The van der Waals surface area contributed by atoms with Gasteiger partial charge in [0, 0.05) is 17.7 Å². The van der Waals surface area contributed by atoms with Crippen molar-refractivity contribution in [2.24, 2.45) is 0 Å². The molecule has 9 nitrogen and oxygen atoms in total. The predicted octanol–water partition coefficient (Wildman–Crippen LogP) is -2.65. The molecule has 1 saturated heterocycles. The minimum absolute atomic E-state index is 0.687. The third-order valence-corrected chi connectivity index (χ3v) is 3.48. The Labute approximate surface area is 126 Å². The molecule has 0 aliphatic carbocycles. The van der Waals surface area contributed by atoms with Crippen molar-refractivity contribution in [3.63, 3.8) is 0 Å². The molecule has 2 heterocycles. The van der Waals surface area contributed by atoms with Crippen LogP contribution in [0, 0.1) is 0 Å². The van der Waals surface area contributed by atoms with Gasteiger partial charge in [-0.2, -0.15) is 0 Å². The van der Waals surface area contributed by atoms with Crippen molar-refractivity contribution in [2.75, 3.05) is 0 Å². The topological polar surface area (TPSA) is 134 Å². The maximum Gasteiger partial charge on any atom is 0.330 e. The molecule has 1 aliphatic rings. The largest absolute Gasteiger partial charge is 0.387 e. The molecule has 0 bridgehead atoms. The van der Waals surface area contributed by atoms with E-state index in [2.05, 4.69) is 4.52 Å². The second-order valence-electron chi connectivity index (χ2n) is 4.60. The molecule has 4 radical (unpaired) electrons. The number of hydrogen-bond donors (Lipinski definition) is 4. The van der Waals surface area contributed by atoms with Crippen molar-refractivity contribution in [1.82, 2.24) is 9.55 Å². The number of aliphatic hydroxyl groups excluding tert-OH is 1. The van der Waals surface area contributed by atoms with Gasteiger partial charge in [-0.15, -0.1) is 0 Å². The second kappa shape index (κ2) is 6.23. The molecule has 1 aromatic heterocycles. The molecule has 4 atom stereocenters. The summed E-state index contributed by atoms with van der Waals surface area (Å²) in [5.74, 6) is 0. The summed E-state index contributed by atoms with van der Waals surface area (Å²) in [6.07, 6.45) is -6.41. The first-order valence-corrected chi connectivity index (χ1v) is 7.04. The first-order chi connectivity index (χ1) is 10.1. The number of H-pyrrole nitrogens is 1. The van der Waals surface area contributed by atoms with Crippen molar-refractivity contribution >= 4 is 24.3 Å². The Bertz CT molecular complexity index is 653. The number of aromatic nitrogens is 2. The van der Waals surface area contributed by atoms with Gasteiger partial charge in [0.25, 0.3) is 5.56 Å². The Kier molecular flexibility index (Phi) is 4.90. The molecule has 0 spiro atoms. The normalized spacial score (nSPS) is 29.1. The van der Waals surface area contributed by atoms with E-state index < -0.39 is 49.9 Å². The van der Waals surface area contributed by atoms with Gasteiger partial charge in [0.1, 0.15) is 27.9 Å². The fraction of sp³-hybridized carbons (Fsp3) is 0.556. The lowest BCUT2D eigenvalue weighted by Crippen LogP contribution is -2.51. The van der Waals surface area contributed by atoms with E-state index in [4.69, 9.17) is 30.2 Å². The van der Waals surface area contributed by atoms with Gasteiger partial charge in [-0.05, 0) is 0 Å². The lowest BCUT2D eigenvalue weighted by atomic mass is 9.61. The molecule has 0 amide bonds. The highest BCUT2D eigenvalue weighted by molar-refractivity contribution is 7.39. The number of aromatic amines is 1. The molecule has 22 heavy (non-hydrogen) atoms. The van der Waals surface area contributed by atoms with Gasteiger partial charge < -0.3 is 24.2 Å². The van der Waals surface area contributed by atoms with E-state index in [0.29, 0.717) is 4.57 Å². The Morgan fingerprint density at radius 3 is 2.64 bits per heavy atom. The van der Waals surface area contributed by atoms with Crippen LogP contribution in [0.2, 0.25) is 0 Å². The zero-order chi connectivity index (χ0) is 16.7. The van der Waals surface area contributed by atoms with Crippen molar-refractivity contribution in [1.29, 1.82) is 0 Å². The highest BCUT2D eigenvalue weighted by Crippen LogP contribution is 2.40. The van der Waals surface area contributed by atoms with Gasteiger partial charge in [-0.3, -0.25) is 14.3 Å². The van der Waals surface area contributed by atoms with Crippen LogP contribution < -0.4 is 11.2 Å². The Balaban J connectivity index is 2.30. The highest BCUT2D eigenvalue weighted by Gasteiger charge is 2.52. The maximum atomic E-state index is 14.2. The lowest BCUT2D eigenvalue weighted by Gasteiger charge is -2.33. The molecular formula is C9H10B2FN2O7P. The zero-order valence-electron chi connectivity index (χ0n) is 10.9. The number of hydrogen-bond acceptors (Lipinski definition) is 7. The van der Waals surface area contributed by atoms with Crippen LogP contribution in [-0.4, -0.2) is 63.9 Å². The molecule has 0 aromatic carbocycles. The second-order valence-corrected chi connectivity index (χ2v) is 5.29. The number of halogens is 1. The minimum Gasteiger partial charge on any atom is -0.387 e. The van der Waals surface area contributed by atoms with Crippen molar-refractivity contribution in [2.45, 2.75) is 30.0 Å². The van der Waals surface area contributed by atoms with E-state index in [1.165, 1.54) is 0 Å². The zero-order valence-corrected chi connectivity index (χ0v) is 11.8. The summed E-state index contributed by atoms with van der Waals surface area (Å²) in [6.45, 7) is 0. The molecule has 0 saturated carbocycles. The number of aliphatic hydroxyl groups is 1. The van der Waals surface area contributed by atoms with E-state index in [9.17, 15) is 19.1 Å². The van der Waals surface area contributed by atoms with Gasteiger partial charge in [0.2, 0.25) is 0 Å². The maximum absolute atomic E-state index is 14.2. The van der Waals surface area contributed by atoms with E-state index in [-0.39, 0.29) is 0 Å². The number of ether oxygens (including phenoxy) is 1. The van der Waals surface area contributed by atoms with Crippen molar-refractivity contribution in [3.8, 4) is 0 Å². The number of nitrogens with one attached hydrogen (secondary N) is 1. The lowest BCUT2D eigenvalue weighted by molar-refractivity contribution is -0.0693. The molecule has 1 aliphatic heterocycles. The third-order valence-electron chi connectivity index (χ3n) is 3.00. The van der Waals surface area contributed by atoms with Crippen molar-refractivity contribution < 1.29 is 28.5 Å². The molecule has 1 fully saturated rings. The Hall–Kier alpha value is -1.03. The van der Waals surface area contributed by atoms with Gasteiger partial charge in [-0.25, -0.2) is 9.18 Å². The van der Waals surface area contributed by atoms with E-state index in [1.807, 2.05) is 4.98 Å². The van der Waals surface area contributed by atoms with Gasteiger partial charge >= 0.3 is 14.3 Å². The van der Waals surface area contributed by atoms with E-state index >= 15 is 0 Å². The van der Waals surface area contributed by atoms with Crippen molar-refractivity contribution in [3.05, 3.63) is 33.1 Å². The monoisotopic (exact) mass is 330 g/mol. The standard InChI is InChI=1S/C9H10B2FN2O7P/c10-9(11,21-22(18)19)6-5(16)4(12)7(20-6)14-2-1-3(15)13-8(14)17/h1-2,4-7,16,18-19H,(H,13,15,17).